The maximum atomic E-state index is 13.3. The number of halogens is 3. The van der Waals surface area contributed by atoms with Crippen molar-refractivity contribution in [3.05, 3.63) is 84.2 Å². The molecule has 2 aromatic carbocycles. The normalized spacial score (nSPS) is 16.7. The lowest BCUT2D eigenvalue weighted by molar-refractivity contribution is -0.274. The van der Waals surface area contributed by atoms with Crippen LogP contribution >= 0.6 is 0 Å². The molecule has 1 aliphatic carbocycles. The van der Waals surface area contributed by atoms with Gasteiger partial charge >= 0.3 is 12.4 Å². The van der Waals surface area contributed by atoms with Crippen molar-refractivity contribution in [2.45, 2.75) is 37.9 Å². The SMILES string of the molecule is O=C1N(c2ccc(OC(F)(F)F)cc2)C(=O)C2(CC2)N1Cc1ccncc1OCc1ccccc1. The average molecular weight is 483 g/mol. The second kappa shape index (κ2) is 8.61. The molecule has 0 radical (unpaired) electrons. The number of rotatable bonds is 7. The van der Waals surface area contributed by atoms with Gasteiger partial charge in [-0.05, 0) is 48.7 Å². The van der Waals surface area contributed by atoms with E-state index in [-0.39, 0.29) is 12.2 Å². The first-order valence-corrected chi connectivity index (χ1v) is 10.9. The quantitative estimate of drug-likeness (QED) is 0.440. The smallest absolute Gasteiger partial charge is 0.487 e. The van der Waals surface area contributed by atoms with Crippen molar-refractivity contribution in [1.29, 1.82) is 0 Å². The zero-order valence-corrected chi connectivity index (χ0v) is 18.4. The molecule has 2 heterocycles. The summed E-state index contributed by atoms with van der Waals surface area (Å²) in [5, 5.41) is 0. The average Bonchev–Trinajstić information content (AvgIpc) is 3.61. The fraction of sp³-hybridized carbons (Fsp3) is 0.240. The third-order valence-corrected chi connectivity index (χ3v) is 6.03. The van der Waals surface area contributed by atoms with Crippen molar-refractivity contribution in [1.82, 2.24) is 9.88 Å². The summed E-state index contributed by atoms with van der Waals surface area (Å²) in [6, 6.07) is 15.5. The molecule has 7 nitrogen and oxygen atoms in total. The van der Waals surface area contributed by atoms with Gasteiger partial charge in [0.25, 0.3) is 5.91 Å². The standard InChI is InChI=1S/C25H20F3N3O4/c26-25(27,28)35-20-8-6-19(7-9-20)31-22(32)24(11-12-24)30(23(31)33)15-18-10-13-29-14-21(18)34-16-17-4-2-1-3-5-17/h1-10,13-14H,11-12,15-16H2. The molecule has 1 aliphatic heterocycles. The van der Waals surface area contributed by atoms with E-state index in [1.165, 1.54) is 17.0 Å². The van der Waals surface area contributed by atoms with Gasteiger partial charge < -0.3 is 14.4 Å². The summed E-state index contributed by atoms with van der Waals surface area (Å²) < 4.78 is 47.2. The van der Waals surface area contributed by atoms with Crippen LogP contribution in [0, 0.1) is 0 Å². The Bertz CT molecular complexity index is 1240. The first-order chi connectivity index (χ1) is 16.8. The van der Waals surface area contributed by atoms with Crippen molar-refractivity contribution >= 4 is 17.6 Å². The van der Waals surface area contributed by atoms with Crippen LogP contribution in [0.25, 0.3) is 0 Å². The lowest BCUT2D eigenvalue weighted by Crippen LogP contribution is -2.36. The van der Waals surface area contributed by atoms with Gasteiger partial charge in [-0.3, -0.25) is 9.78 Å². The number of aromatic nitrogens is 1. The van der Waals surface area contributed by atoms with Crippen LogP contribution in [0.1, 0.15) is 24.0 Å². The van der Waals surface area contributed by atoms with Gasteiger partial charge in [-0.25, -0.2) is 9.69 Å². The van der Waals surface area contributed by atoms with Crippen LogP contribution in [0.5, 0.6) is 11.5 Å². The van der Waals surface area contributed by atoms with Crippen LogP contribution in [0.15, 0.2) is 73.1 Å². The van der Waals surface area contributed by atoms with E-state index in [1.807, 2.05) is 30.3 Å². The third-order valence-electron chi connectivity index (χ3n) is 6.03. The number of pyridine rings is 1. The molecule has 10 heteroatoms. The van der Waals surface area contributed by atoms with E-state index in [2.05, 4.69) is 9.72 Å². The highest BCUT2D eigenvalue weighted by molar-refractivity contribution is 6.24. The zero-order chi connectivity index (χ0) is 24.6. The molecule has 0 N–H and O–H groups in total. The second-order valence-corrected chi connectivity index (χ2v) is 8.34. The summed E-state index contributed by atoms with van der Waals surface area (Å²) in [5.74, 6) is -0.331. The van der Waals surface area contributed by atoms with Crippen LogP contribution in [-0.2, 0) is 17.9 Å². The van der Waals surface area contributed by atoms with E-state index in [0.717, 1.165) is 22.6 Å². The lowest BCUT2D eigenvalue weighted by atomic mass is 10.1. The van der Waals surface area contributed by atoms with E-state index in [1.54, 1.807) is 18.5 Å². The molecular formula is C25H20F3N3O4. The summed E-state index contributed by atoms with van der Waals surface area (Å²) in [6.07, 6.45) is -0.662. The van der Waals surface area contributed by atoms with Gasteiger partial charge in [-0.15, -0.1) is 13.2 Å². The maximum absolute atomic E-state index is 13.3. The largest absolute Gasteiger partial charge is 0.573 e. The fourth-order valence-corrected chi connectivity index (χ4v) is 4.13. The van der Waals surface area contributed by atoms with Crippen LogP contribution < -0.4 is 14.4 Å². The Morgan fingerprint density at radius 2 is 1.69 bits per heavy atom. The van der Waals surface area contributed by atoms with Gasteiger partial charge in [0.2, 0.25) is 0 Å². The molecule has 1 spiro atoms. The first kappa shape index (κ1) is 22.7. The molecule has 3 aromatic rings. The van der Waals surface area contributed by atoms with Gasteiger partial charge in [0.1, 0.15) is 23.6 Å². The Labute approximate surface area is 198 Å². The predicted octanol–water partition coefficient (Wildman–Crippen LogP) is 5.06. The minimum atomic E-state index is -4.83. The highest BCUT2D eigenvalue weighted by Crippen LogP contribution is 2.50. The number of ether oxygens (including phenoxy) is 2. The van der Waals surface area contributed by atoms with Crippen LogP contribution in [0.2, 0.25) is 0 Å². The van der Waals surface area contributed by atoms with Gasteiger partial charge in [0.15, 0.2) is 0 Å². The number of carbonyl (C=O) groups is 2. The lowest BCUT2D eigenvalue weighted by Gasteiger charge is -2.22. The number of benzene rings is 2. The van der Waals surface area contributed by atoms with Crippen molar-refractivity contribution in [2.75, 3.05) is 4.90 Å². The van der Waals surface area contributed by atoms with E-state index < -0.39 is 29.6 Å². The number of hydrogen-bond acceptors (Lipinski definition) is 5. The highest BCUT2D eigenvalue weighted by atomic mass is 19.4. The molecular weight excluding hydrogens is 463 g/mol. The van der Waals surface area contributed by atoms with E-state index in [0.29, 0.717) is 30.8 Å². The number of amides is 3. The molecule has 0 bridgehead atoms. The molecule has 3 amide bonds. The predicted molar refractivity (Wildman–Crippen MR) is 119 cm³/mol. The molecule has 180 valence electrons. The number of imide groups is 1. The monoisotopic (exact) mass is 483 g/mol. The molecule has 35 heavy (non-hydrogen) atoms. The summed E-state index contributed by atoms with van der Waals surface area (Å²) in [6.45, 7) is 0.443. The topological polar surface area (TPSA) is 72.0 Å². The number of carbonyl (C=O) groups excluding carboxylic acids is 2. The molecule has 1 saturated carbocycles. The summed E-state index contributed by atoms with van der Waals surface area (Å²) >= 11 is 0. The molecule has 0 atom stereocenters. The zero-order valence-electron chi connectivity index (χ0n) is 18.4. The van der Waals surface area contributed by atoms with Crippen molar-refractivity contribution in [2.24, 2.45) is 0 Å². The summed E-state index contributed by atoms with van der Waals surface area (Å²) in [7, 11) is 0. The van der Waals surface area contributed by atoms with E-state index in [4.69, 9.17) is 4.74 Å². The number of urea groups is 1. The Hall–Kier alpha value is -4.08. The third kappa shape index (κ3) is 4.51. The van der Waals surface area contributed by atoms with Crippen LogP contribution in [-0.4, -0.2) is 33.7 Å². The molecule has 1 saturated heterocycles. The Balaban J connectivity index is 1.35. The minimum absolute atomic E-state index is 0.128. The highest BCUT2D eigenvalue weighted by Gasteiger charge is 2.65. The molecule has 5 rings (SSSR count). The van der Waals surface area contributed by atoms with Gasteiger partial charge in [0.05, 0.1) is 18.4 Å². The van der Waals surface area contributed by atoms with Crippen LogP contribution in [0.3, 0.4) is 0 Å². The number of hydrogen-bond donors (Lipinski definition) is 0. The van der Waals surface area contributed by atoms with Gasteiger partial charge in [-0.2, -0.15) is 0 Å². The van der Waals surface area contributed by atoms with Crippen LogP contribution in [0.4, 0.5) is 23.7 Å². The van der Waals surface area contributed by atoms with Crippen molar-refractivity contribution in [3.63, 3.8) is 0 Å². The summed E-state index contributed by atoms with van der Waals surface area (Å²) in [4.78, 5) is 33.2. The maximum Gasteiger partial charge on any atom is 0.573 e. The number of alkyl halides is 3. The Kier molecular flexibility index (Phi) is 5.58. The van der Waals surface area contributed by atoms with Crippen molar-refractivity contribution < 1.29 is 32.2 Å². The molecule has 2 fully saturated rings. The Morgan fingerprint density at radius 3 is 2.34 bits per heavy atom. The Morgan fingerprint density at radius 1 is 0.971 bits per heavy atom. The second-order valence-electron chi connectivity index (χ2n) is 8.34. The van der Waals surface area contributed by atoms with Crippen molar-refractivity contribution in [3.8, 4) is 11.5 Å². The first-order valence-electron chi connectivity index (χ1n) is 10.9. The van der Waals surface area contributed by atoms with E-state index >= 15 is 0 Å². The van der Waals surface area contributed by atoms with Gasteiger partial charge in [-0.1, -0.05) is 30.3 Å². The number of anilines is 1. The molecule has 0 unspecified atom stereocenters. The number of nitrogens with zero attached hydrogens (tertiary/aromatic N) is 3. The molecule has 2 aliphatic rings. The van der Waals surface area contributed by atoms with E-state index in [9.17, 15) is 22.8 Å². The van der Waals surface area contributed by atoms with Gasteiger partial charge in [0, 0.05) is 11.8 Å². The molecule has 1 aromatic heterocycles. The minimum Gasteiger partial charge on any atom is -0.487 e. The fourth-order valence-electron chi connectivity index (χ4n) is 4.13. The summed E-state index contributed by atoms with van der Waals surface area (Å²) in [5.41, 5.74) is 0.883.